The number of aryl methyl sites for hydroxylation is 2. The van der Waals surface area contributed by atoms with Gasteiger partial charge in [0.1, 0.15) is 5.76 Å². The van der Waals surface area contributed by atoms with Gasteiger partial charge >= 0.3 is 0 Å². The highest BCUT2D eigenvalue weighted by molar-refractivity contribution is 5.75. The standard InChI is InChI=1S/C16H22N4O2/c1-4-6-9-16(19-20-16)10-8-14(21)17-11-13-12(3)18-15(22-13)7-5-2/h1H,5-11H2,2-3H3,(H,17,21). The number of rotatable bonds is 9. The molecule has 1 N–H and O–H groups in total. The number of carbonyl (C=O) groups excluding carboxylic acids is 1. The fourth-order valence-corrected chi connectivity index (χ4v) is 2.22. The fourth-order valence-electron chi connectivity index (χ4n) is 2.22. The summed E-state index contributed by atoms with van der Waals surface area (Å²) >= 11 is 0. The summed E-state index contributed by atoms with van der Waals surface area (Å²) < 4.78 is 5.63. The van der Waals surface area contributed by atoms with Crippen LogP contribution in [0, 0.1) is 19.3 Å². The van der Waals surface area contributed by atoms with Crippen LogP contribution >= 0.6 is 0 Å². The van der Waals surface area contributed by atoms with Crippen molar-refractivity contribution in [3.63, 3.8) is 0 Å². The van der Waals surface area contributed by atoms with E-state index in [9.17, 15) is 4.79 Å². The predicted molar refractivity (Wildman–Crippen MR) is 82.0 cm³/mol. The van der Waals surface area contributed by atoms with E-state index in [0.29, 0.717) is 25.8 Å². The third-order valence-corrected chi connectivity index (χ3v) is 3.65. The van der Waals surface area contributed by atoms with Gasteiger partial charge < -0.3 is 9.73 Å². The number of hydrogen-bond acceptors (Lipinski definition) is 5. The van der Waals surface area contributed by atoms with E-state index in [2.05, 4.69) is 33.4 Å². The minimum absolute atomic E-state index is 0.0368. The van der Waals surface area contributed by atoms with Crippen molar-refractivity contribution in [1.29, 1.82) is 0 Å². The minimum Gasteiger partial charge on any atom is -0.444 e. The molecule has 6 nitrogen and oxygen atoms in total. The summed E-state index contributed by atoms with van der Waals surface area (Å²) in [5, 5.41) is 10.9. The van der Waals surface area contributed by atoms with Gasteiger partial charge in [-0.3, -0.25) is 4.79 Å². The van der Waals surface area contributed by atoms with E-state index >= 15 is 0 Å². The lowest BCUT2D eigenvalue weighted by Crippen LogP contribution is -2.25. The molecule has 2 rings (SSSR count). The zero-order valence-electron chi connectivity index (χ0n) is 13.2. The van der Waals surface area contributed by atoms with Crippen molar-refractivity contribution in [2.75, 3.05) is 0 Å². The molecule has 22 heavy (non-hydrogen) atoms. The number of hydrogen-bond donors (Lipinski definition) is 1. The van der Waals surface area contributed by atoms with Crippen LogP contribution in [0.3, 0.4) is 0 Å². The Bertz CT molecular complexity index is 592. The smallest absolute Gasteiger partial charge is 0.220 e. The maximum atomic E-state index is 11.9. The summed E-state index contributed by atoms with van der Waals surface area (Å²) in [7, 11) is 0. The van der Waals surface area contributed by atoms with Gasteiger partial charge in [0.15, 0.2) is 11.6 Å². The van der Waals surface area contributed by atoms with E-state index in [-0.39, 0.29) is 5.91 Å². The van der Waals surface area contributed by atoms with Crippen LogP contribution < -0.4 is 5.32 Å². The Morgan fingerprint density at radius 3 is 2.82 bits per heavy atom. The summed E-state index contributed by atoms with van der Waals surface area (Å²) in [6.45, 7) is 4.33. The van der Waals surface area contributed by atoms with E-state index in [0.717, 1.165) is 36.6 Å². The second kappa shape index (κ2) is 7.21. The van der Waals surface area contributed by atoms with Gasteiger partial charge in [0, 0.05) is 32.1 Å². The third-order valence-electron chi connectivity index (χ3n) is 3.65. The molecule has 1 aliphatic rings. The van der Waals surface area contributed by atoms with Crippen LogP contribution in [-0.2, 0) is 17.8 Å². The number of nitrogens with one attached hydrogen (secondary N) is 1. The van der Waals surface area contributed by atoms with Crippen LogP contribution in [0.2, 0.25) is 0 Å². The number of amides is 1. The van der Waals surface area contributed by atoms with Gasteiger partial charge in [-0.1, -0.05) is 6.92 Å². The van der Waals surface area contributed by atoms with Gasteiger partial charge in [-0.25, -0.2) is 4.98 Å². The van der Waals surface area contributed by atoms with Gasteiger partial charge in [-0.05, 0) is 13.3 Å². The average Bonchev–Trinajstić information content (AvgIpc) is 3.19. The molecular weight excluding hydrogens is 280 g/mol. The highest BCUT2D eigenvalue weighted by Crippen LogP contribution is 2.37. The maximum absolute atomic E-state index is 11.9. The van der Waals surface area contributed by atoms with Gasteiger partial charge in [-0.2, -0.15) is 10.2 Å². The van der Waals surface area contributed by atoms with Crippen LogP contribution in [0.5, 0.6) is 0 Å². The summed E-state index contributed by atoms with van der Waals surface area (Å²) in [4.78, 5) is 16.3. The van der Waals surface area contributed by atoms with E-state index in [1.165, 1.54) is 0 Å². The summed E-state index contributed by atoms with van der Waals surface area (Å²) in [6, 6.07) is 0. The Balaban J connectivity index is 1.73. The summed E-state index contributed by atoms with van der Waals surface area (Å²) in [6.07, 6.45) is 9.38. The number of carbonyl (C=O) groups is 1. The zero-order chi connectivity index (χ0) is 16.0. The van der Waals surface area contributed by atoms with Crippen LogP contribution in [0.1, 0.15) is 56.4 Å². The van der Waals surface area contributed by atoms with Crippen LogP contribution in [0.25, 0.3) is 0 Å². The molecule has 1 aromatic heterocycles. The Morgan fingerprint density at radius 2 is 2.18 bits per heavy atom. The first kappa shape index (κ1) is 16.2. The Labute approximate surface area is 130 Å². The molecule has 0 saturated heterocycles. The molecule has 0 spiro atoms. The summed E-state index contributed by atoms with van der Waals surface area (Å²) in [5.74, 6) is 3.99. The first-order chi connectivity index (χ1) is 10.6. The molecule has 1 aliphatic heterocycles. The lowest BCUT2D eigenvalue weighted by atomic mass is 10.0. The molecule has 0 fully saturated rings. The lowest BCUT2D eigenvalue weighted by molar-refractivity contribution is -0.121. The second-order valence-electron chi connectivity index (χ2n) is 5.53. The Morgan fingerprint density at radius 1 is 1.41 bits per heavy atom. The SMILES string of the molecule is C#CCCC1(CCC(=O)NCc2oc(CCC)nc2C)N=N1. The van der Waals surface area contributed by atoms with E-state index in [4.69, 9.17) is 10.8 Å². The quantitative estimate of drug-likeness (QED) is 0.712. The fraction of sp³-hybridized carbons (Fsp3) is 0.625. The molecule has 0 aromatic carbocycles. The zero-order valence-corrected chi connectivity index (χ0v) is 13.2. The first-order valence-corrected chi connectivity index (χ1v) is 7.68. The van der Waals surface area contributed by atoms with E-state index in [1.807, 2.05) is 6.92 Å². The van der Waals surface area contributed by atoms with Crippen molar-refractivity contribution in [3.05, 3.63) is 17.3 Å². The van der Waals surface area contributed by atoms with Gasteiger partial charge in [0.05, 0.1) is 12.2 Å². The number of nitrogens with zero attached hydrogens (tertiary/aromatic N) is 3. The maximum Gasteiger partial charge on any atom is 0.220 e. The Kier molecular flexibility index (Phi) is 5.31. The molecule has 0 aliphatic carbocycles. The number of terminal acetylenes is 1. The van der Waals surface area contributed by atoms with Gasteiger partial charge in [0.2, 0.25) is 5.91 Å². The number of oxazole rings is 1. The lowest BCUT2D eigenvalue weighted by Gasteiger charge is -2.08. The molecule has 0 atom stereocenters. The van der Waals surface area contributed by atoms with Gasteiger partial charge in [0.25, 0.3) is 0 Å². The average molecular weight is 302 g/mol. The van der Waals surface area contributed by atoms with E-state index < -0.39 is 5.66 Å². The number of aromatic nitrogens is 1. The normalized spacial score (nSPS) is 14.6. The third kappa shape index (κ3) is 4.42. The molecule has 2 heterocycles. The topological polar surface area (TPSA) is 79.9 Å². The highest BCUT2D eigenvalue weighted by Gasteiger charge is 2.39. The molecule has 1 aromatic rings. The van der Waals surface area contributed by atoms with Crippen molar-refractivity contribution in [1.82, 2.24) is 10.3 Å². The Hall–Kier alpha value is -2.16. The van der Waals surface area contributed by atoms with Crippen LogP contribution in [0.4, 0.5) is 0 Å². The van der Waals surface area contributed by atoms with Crippen LogP contribution in [-0.4, -0.2) is 16.6 Å². The minimum atomic E-state index is -0.403. The van der Waals surface area contributed by atoms with Crippen molar-refractivity contribution in [3.8, 4) is 12.3 Å². The van der Waals surface area contributed by atoms with Crippen LogP contribution in [0.15, 0.2) is 14.6 Å². The van der Waals surface area contributed by atoms with Crippen molar-refractivity contribution in [2.24, 2.45) is 10.2 Å². The molecule has 0 bridgehead atoms. The highest BCUT2D eigenvalue weighted by atomic mass is 16.4. The van der Waals surface area contributed by atoms with Crippen molar-refractivity contribution >= 4 is 5.91 Å². The first-order valence-electron chi connectivity index (χ1n) is 7.68. The molecule has 6 heteroatoms. The second-order valence-corrected chi connectivity index (χ2v) is 5.53. The monoisotopic (exact) mass is 302 g/mol. The van der Waals surface area contributed by atoms with E-state index in [1.54, 1.807) is 0 Å². The molecule has 0 unspecified atom stereocenters. The predicted octanol–water partition coefficient (Wildman–Crippen LogP) is 2.91. The largest absolute Gasteiger partial charge is 0.444 e. The molecule has 1 amide bonds. The molecule has 0 saturated carbocycles. The summed E-state index contributed by atoms with van der Waals surface area (Å²) in [5.41, 5.74) is 0.432. The van der Waals surface area contributed by atoms with Crippen molar-refractivity contribution in [2.45, 2.75) is 64.6 Å². The van der Waals surface area contributed by atoms with Gasteiger partial charge in [-0.15, -0.1) is 12.3 Å². The molecule has 118 valence electrons. The van der Waals surface area contributed by atoms with Crippen molar-refractivity contribution < 1.29 is 9.21 Å². The molecular formula is C16H22N4O2. The molecule has 0 radical (unpaired) electrons.